The summed E-state index contributed by atoms with van der Waals surface area (Å²) in [7, 11) is 0. The van der Waals surface area contributed by atoms with Crippen molar-refractivity contribution in [1.29, 1.82) is 0 Å². The highest BCUT2D eigenvalue weighted by Gasteiger charge is 2.18. The van der Waals surface area contributed by atoms with Crippen molar-refractivity contribution in [3.8, 4) is 11.4 Å². The quantitative estimate of drug-likeness (QED) is 0.0431. The SMILES string of the molecule is CCCCCCCCCCCCCCCc1cc(Nc2nc(Nc3cc(CCCCCCCCCCCCCCC)c(CCCCCCCCCCCCCCC)c(CCCCCCCCCCCCCCC)c3)nc(-c3cc[c]cc3)n2)cc(CCCCCCCCCCCCCCC)c1CCCCCCCCCCCCCCC. The normalized spacial score (nSPS) is 11.7. The monoisotopic (exact) mass is 1600 g/mol. The summed E-state index contributed by atoms with van der Waals surface area (Å²) in [5.74, 6) is 1.97. The van der Waals surface area contributed by atoms with Crippen molar-refractivity contribution in [2.24, 2.45) is 0 Å². The molecule has 5 nitrogen and oxygen atoms in total. The fourth-order valence-corrected chi connectivity index (χ4v) is 18.7. The molecule has 2 N–H and O–H groups in total. The van der Waals surface area contributed by atoms with Gasteiger partial charge in [-0.05, 0) is 141 Å². The third-order valence-corrected chi connectivity index (χ3v) is 26.3. The minimum absolute atomic E-state index is 0.631. The Hall–Kier alpha value is -3.73. The zero-order valence-corrected chi connectivity index (χ0v) is 78.9. The number of rotatable bonds is 89. The Morgan fingerprint density at radius 3 is 0.543 bits per heavy atom. The van der Waals surface area contributed by atoms with Gasteiger partial charge in [0.1, 0.15) is 0 Å². The van der Waals surface area contributed by atoms with Crippen LogP contribution in [0.25, 0.3) is 11.4 Å². The molecule has 0 fully saturated rings. The van der Waals surface area contributed by atoms with Crippen LogP contribution in [0.1, 0.15) is 576 Å². The lowest BCUT2D eigenvalue weighted by molar-refractivity contribution is 0.536. The molecule has 1 aromatic heterocycles. The van der Waals surface area contributed by atoms with Gasteiger partial charge >= 0.3 is 0 Å². The van der Waals surface area contributed by atoms with E-state index in [0.717, 1.165) is 42.6 Å². The highest BCUT2D eigenvalue weighted by molar-refractivity contribution is 5.66. The van der Waals surface area contributed by atoms with Crippen LogP contribution in [0.4, 0.5) is 23.3 Å². The molecule has 0 spiro atoms. The number of nitrogens with one attached hydrogen (secondary N) is 2. The lowest BCUT2D eigenvalue weighted by Gasteiger charge is -2.20. The fourth-order valence-electron chi connectivity index (χ4n) is 18.7. The van der Waals surface area contributed by atoms with Crippen LogP contribution in [0.15, 0.2) is 48.5 Å². The van der Waals surface area contributed by atoms with Gasteiger partial charge in [0.15, 0.2) is 5.82 Å². The summed E-state index contributed by atoms with van der Waals surface area (Å²) in [6, 6.07) is 21.8. The van der Waals surface area contributed by atoms with Gasteiger partial charge in [-0.1, -0.05) is 528 Å². The van der Waals surface area contributed by atoms with E-state index in [1.807, 2.05) is 12.1 Å². The number of hydrogen-bond donors (Lipinski definition) is 2. The second-order valence-corrected chi connectivity index (χ2v) is 37.3. The van der Waals surface area contributed by atoms with Crippen molar-refractivity contribution in [3.05, 3.63) is 88.0 Å². The van der Waals surface area contributed by atoms with Crippen LogP contribution in [-0.2, 0) is 38.5 Å². The van der Waals surface area contributed by atoms with Crippen molar-refractivity contribution in [2.75, 3.05) is 10.6 Å². The van der Waals surface area contributed by atoms with Gasteiger partial charge in [-0.25, -0.2) is 0 Å². The van der Waals surface area contributed by atoms with Crippen LogP contribution < -0.4 is 10.6 Å². The lowest BCUT2D eigenvalue weighted by Crippen LogP contribution is -2.09. The molecule has 0 saturated heterocycles. The minimum Gasteiger partial charge on any atom is -0.324 e. The van der Waals surface area contributed by atoms with E-state index >= 15 is 0 Å². The van der Waals surface area contributed by atoms with Crippen molar-refractivity contribution < 1.29 is 0 Å². The Labute approximate surface area is 724 Å². The molecule has 0 bridgehead atoms. The van der Waals surface area contributed by atoms with Crippen molar-refractivity contribution in [3.63, 3.8) is 0 Å². The summed E-state index contributed by atoms with van der Waals surface area (Å²) in [4.78, 5) is 16.2. The molecule has 5 heteroatoms. The molecule has 4 rings (SSSR count). The second kappa shape index (κ2) is 79.7. The molecule has 0 amide bonds. The summed E-state index contributed by atoms with van der Waals surface area (Å²) >= 11 is 0. The predicted octanol–water partition coefficient (Wildman–Crippen LogP) is 38.6. The zero-order valence-electron chi connectivity index (χ0n) is 78.9. The molecular weight excluding hydrogens is 1400 g/mol. The molecule has 0 aliphatic carbocycles. The standard InChI is InChI=1S/C111H196N5/c1-7-13-19-25-31-37-43-49-55-61-67-73-80-90-101-96-105(97-102(91-81-74-68-62-56-50-44-38-32-26-20-14-8-2)107(101)94-86-77-71-65-59-53-47-41-35-29-23-17-11-5)112-110-114-109(100-88-84-79-85-89-100)115-111(116-110)113-106-98-103(92-82-75-69-63-57-51-45-39-33-27-21-15-9-3)108(95-87-78-72-66-60-54-48-42-36-30-24-18-12-6)104(99-106)93-83-76-70-64-58-52-46-40-34-28-22-16-10-4/h84-85,88-89,96-99H,7-78,80-83,86-87,90-95H2,1-6H3,(H2,112,113,114,115,116). The van der Waals surface area contributed by atoms with Crippen LogP contribution in [0, 0.1) is 6.07 Å². The van der Waals surface area contributed by atoms with Gasteiger partial charge < -0.3 is 10.6 Å². The van der Waals surface area contributed by atoms with E-state index in [1.165, 1.54) is 514 Å². The maximum absolute atomic E-state index is 5.45. The first-order valence-corrected chi connectivity index (χ1v) is 53.1. The summed E-state index contributed by atoms with van der Waals surface area (Å²) in [5, 5.41) is 7.96. The maximum atomic E-state index is 5.45. The van der Waals surface area contributed by atoms with E-state index in [2.05, 4.69) is 94.6 Å². The van der Waals surface area contributed by atoms with E-state index in [-0.39, 0.29) is 0 Å². The van der Waals surface area contributed by atoms with E-state index in [1.54, 1.807) is 33.4 Å². The Bertz CT molecular complexity index is 2470. The average molecular weight is 1600 g/mol. The number of benzene rings is 3. The number of nitrogens with zero attached hydrogens (tertiary/aromatic N) is 3. The molecule has 1 radical (unpaired) electrons. The molecule has 0 aliphatic rings. The van der Waals surface area contributed by atoms with Crippen molar-refractivity contribution >= 4 is 23.3 Å². The fraction of sp³-hybridized carbons (Fsp3) is 0.811. The van der Waals surface area contributed by atoms with Crippen LogP contribution >= 0.6 is 0 Å². The van der Waals surface area contributed by atoms with Gasteiger partial charge in [-0.2, -0.15) is 15.0 Å². The summed E-state index contributed by atoms with van der Waals surface area (Å²) in [6.07, 6.45) is 116. The molecule has 0 atom stereocenters. The smallest absolute Gasteiger partial charge is 0.232 e. The number of hydrogen-bond acceptors (Lipinski definition) is 5. The number of aromatic nitrogens is 3. The minimum atomic E-state index is 0.631. The second-order valence-electron chi connectivity index (χ2n) is 37.3. The third kappa shape index (κ3) is 58.3. The number of aryl methyl sites for hydroxylation is 4. The van der Waals surface area contributed by atoms with Crippen LogP contribution in [0.2, 0.25) is 0 Å². The van der Waals surface area contributed by atoms with E-state index < -0.39 is 0 Å². The van der Waals surface area contributed by atoms with Crippen LogP contribution in [0.5, 0.6) is 0 Å². The van der Waals surface area contributed by atoms with Crippen LogP contribution in [-0.4, -0.2) is 15.0 Å². The van der Waals surface area contributed by atoms with Gasteiger partial charge in [-0.15, -0.1) is 0 Å². The highest BCUT2D eigenvalue weighted by Crippen LogP contribution is 2.34. The van der Waals surface area contributed by atoms with Crippen molar-refractivity contribution in [2.45, 2.75) is 581 Å². The van der Waals surface area contributed by atoms with Crippen molar-refractivity contribution in [1.82, 2.24) is 15.0 Å². The molecule has 4 aromatic rings. The third-order valence-electron chi connectivity index (χ3n) is 26.3. The van der Waals surface area contributed by atoms with Gasteiger partial charge in [-0.3, -0.25) is 0 Å². The number of unbranched alkanes of at least 4 members (excludes halogenated alkanes) is 72. The van der Waals surface area contributed by atoms with E-state index in [9.17, 15) is 0 Å². The Balaban J connectivity index is 1.69. The van der Waals surface area contributed by atoms with Gasteiger partial charge in [0.2, 0.25) is 11.9 Å². The molecule has 116 heavy (non-hydrogen) atoms. The molecule has 665 valence electrons. The van der Waals surface area contributed by atoms with Gasteiger partial charge in [0.05, 0.1) is 0 Å². The van der Waals surface area contributed by atoms with Crippen LogP contribution in [0.3, 0.4) is 0 Å². The maximum Gasteiger partial charge on any atom is 0.232 e. The molecule has 0 unspecified atom stereocenters. The average Bonchev–Trinajstić information content (AvgIpc) is 0.824. The Morgan fingerprint density at radius 1 is 0.198 bits per heavy atom. The largest absolute Gasteiger partial charge is 0.324 e. The molecule has 0 aliphatic heterocycles. The number of anilines is 4. The Morgan fingerprint density at radius 2 is 0.362 bits per heavy atom. The highest BCUT2D eigenvalue weighted by atomic mass is 15.2. The topological polar surface area (TPSA) is 62.7 Å². The first-order chi connectivity index (χ1) is 57.5. The van der Waals surface area contributed by atoms with Gasteiger partial charge in [0.25, 0.3) is 0 Å². The Kier molecular flexibility index (Phi) is 71.9. The van der Waals surface area contributed by atoms with E-state index in [4.69, 9.17) is 15.0 Å². The first kappa shape index (κ1) is 105. The molecule has 1 heterocycles. The predicted molar refractivity (Wildman–Crippen MR) is 520 cm³/mol. The van der Waals surface area contributed by atoms with Gasteiger partial charge in [0, 0.05) is 16.9 Å². The first-order valence-electron chi connectivity index (χ1n) is 53.1. The summed E-state index contributed by atoms with van der Waals surface area (Å²) < 4.78 is 0. The lowest BCUT2D eigenvalue weighted by atomic mass is 9.89. The summed E-state index contributed by atoms with van der Waals surface area (Å²) in [5.41, 5.74) is 13.0. The zero-order chi connectivity index (χ0) is 82.2. The molecular formula is C111H196N5. The molecule has 0 saturated carbocycles. The molecule has 3 aromatic carbocycles. The van der Waals surface area contributed by atoms with E-state index in [0.29, 0.717) is 17.7 Å². The summed E-state index contributed by atoms with van der Waals surface area (Å²) in [6.45, 7) is 14.0.